The highest BCUT2D eigenvalue weighted by Gasteiger charge is 2.42. The number of fused-ring (bicyclic) bond motifs is 1. The molecular weight excluding hydrogens is 466 g/mol. The summed E-state index contributed by atoms with van der Waals surface area (Å²) >= 11 is 0. The second-order valence-corrected chi connectivity index (χ2v) is 10.2. The Morgan fingerprint density at radius 3 is 2.94 bits per heavy atom. The molecule has 11 heteroatoms. The highest BCUT2D eigenvalue weighted by molar-refractivity contribution is 5.95. The van der Waals surface area contributed by atoms with Gasteiger partial charge in [-0.05, 0) is 50.6 Å². The van der Waals surface area contributed by atoms with Crippen LogP contribution in [0.25, 0.3) is 11.0 Å². The van der Waals surface area contributed by atoms with Crippen LogP contribution in [0.15, 0.2) is 30.5 Å². The molecule has 3 aliphatic rings. The maximum atomic E-state index is 14.6. The highest BCUT2D eigenvalue weighted by Crippen LogP contribution is 2.39. The van der Waals surface area contributed by atoms with Crippen molar-refractivity contribution in [3.63, 3.8) is 0 Å². The van der Waals surface area contributed by atoms with E-state index >= 15 is 0 Å². The lowest BCUT2D eigenvalue weighted by Gasteiger charge is -2.39. The van der Waals surface area contributed by atoms with Gasteiger partial charge in [-0.2, -0.15) is 5.10 Å². The van der Waals surface area contributed by atoms with Crippen LogP contribution >= 0.6 is 0 Å². The lowest BCUT2D eigenvalue weighted by Crippen LogP contribution is -2.61. The summed E-state index contributed by atoms with van der Waals surface area (Å²) in [6.07, 6.45) is 4.05. The molecule has 3 aliphatic heterocycles. The first-order valence-electron chi connectivity index (χ1n) is 12.5. The van der Waals surface area contributed by atoms with Crippen molar-refractivity contribution in [1.82, 2.24) is 30.3 Å². The topological polar surface area (TPSA) is 92.4 Å². The van der Waals surface area contributed by atoms with Gasteiger partial charge in [0.05, 0.1) is 28.9 Å². The zero-order valence-corrected chi connectivity index (χ0v) is 20.2. The molecule has 2 aromatic heterocycles. The number of hydrogen-bond acceptors (Lipinski definition) is 6. The van der Waals surface area contributed by atoms with Crippen molar-refractivity contribution in [1.29, 1.82) is 0 Å². The number of amides is 2. The number of aromatic nitrogens is 3. The van der Waals surface area contributed by atoms with Gasteiger partial charge in [-0.15, -0.1) is 0 Å². The number of halogens is 2. The van der Waals surface area contributed by atoms with Gasteiger partial charge in [0.1, 0.15) is 11.6 Å². The number of benzene rings is 1. The van der Waals surface area contributed by atoms with Crippen molar-refractivity contribution in [3.05, 3.63) is 47.7 Å². The fourth-order valence-electron chi connectivity index (χ4n) is 5.98. The van der Waals surface area contributed by atoms with E-state index in [1.165, 1.54) is 12.1 Å². The van der Waals surface area contributed by atoms with Crippen LogP contribution in [-0.2, 0) is 0 Å². The van der Waals surface area contributed by atoms with Gasteiger partial charge in [0, 0.05) is 44.8 Å². The fraction of sp³-hybridized carbons (Fsp3) is 0.480. The summed E-state index contributed by atoms with van der Waals surface area (Å²) in [5, 5.41) is 14.7. The van der Waals surface area contributed by atoms with Gasteiger partial charge in [0.25, 0.3) is 0 Å². The van der Waals surface area contributed by atoms with Crippen LogP contribution in [0.3, 0.4) is 0 Å². The van der Waals surface area contributed by atoms with Crippen LogP contribution in [0.4, 0.5) is 25.1 Å². The van der Waals surface area contributed by atoms with Crippen molar-refractivity contribution >= 4 is 28.6 Å². The molecule has 0 bridgehead atoms. The first-order valence-corrected chi connectivity index (χ1v) is 12.5. The maximum Gasteiger partial charge on any atom is 0.321 e. The third kappa shape index (κ3) is 4.16. The Balaban J connectivity index is 1.22. The van der Waals surface area contributed by atoms with Crippen LogP contribution in [0.2, 0.25) is 0 Å². The van der Waals surface area contributed by atoms with E-state index in [0.717, 1.165) is 43.9 Å². The molecule has 3 saturated heterocycles. The van der Waals surface area contributed by atoms with Gasteiger partial charge < -0.3 is 25.3 Å². The van der Waals surface area contributed by atoms with E-state index in [-0.39, 0.29) is 17.6 Å². The third-order valence-electron chi connectivity index (χ3n) is 7.70. The zero-order valence-electron chi connectivity index (χ0n) is 20.2. The van der Waals surface area contributed by atoms with Crippen molar-refractivity contribution in [3.8, 4) is 0 Å². The van der Waals surface area contributed by atoms with E-state index in [1.54, 1.807) is 6.20 Å². The van der Waals surface area contributed by atoms with Gasteiger partial charge >= 0.3 is 6.03 Å². The molecule has 3 aromatic rings. The Kier molecular flexibility index (Phi) is 5.76. The van der Waals surface area contributed by atoms with E-state index in [4.69, 9.17) is 0 Å². The number of likely N-dealkylation sites (N-methyl/N-ethyl adjacent to an activating group) is 1. The standard InChI is InChI=1S/C25H30F2N8O/c1-33-10-7-29-25(14-33)6-9-34(15-25)24(36)30-17-12-19-22(28-13-17)31-32-23(19)35-8-2-3-21(35)18-11-16(26)4-5-20(18)27/h4-5,11-13,21,29H,2-3,6-10,14-15H2,1H3,(H,30,36)(H,28,31,32)/t21-,25?/m1/s1. The van der Waals surface area contributed by atoms with Crippen LogP contribution < -0.4 is 15.5 Å². The van der Waals surface area contributed by atoms with Crippen molar-refractivity contribution in [2.75, 3.05) is 56.5 Å². The minimum absolute atomic E-state index is 0.0543. The predicted octanol–water partition coefficient (Wildman–Crippen LogP) is 3.09. The van der Waals surface area contributed by atoms with Gasteiger partial charge in [0.2, 0.25) is 0 Å². The summed E-state index contributed by atoms with van der Waals surface area (Å²) in [6, 6.07) is 4.92. The van der Waals surface area contributed by atoms with Gasteiger partial charge in [-0.25, -0.2) is 18.6 Å². The summed E-state index contributed by atoms with van der Waals surface area (Å²) in [5.74, 6) is -0.272. The number of anilines is 2. The SMILES string of the molecule is CN1CCNC2(CCN(C(=O)Nc3cnc4[nH]nc(N5CCC[C@@H]5c5cc(F)ccc5F)c4c3)C2)C1. The van der Waals surface area contributed by atoms with Gasteiger partial charge in [0.15, 0.2) is 11.5 Å². The molecule has 1 unspecified atom stereocenters. The second-order valence-electron chi connectivity index (χ2n) is 10.2. The molecule has 9 nitrogen and oxygen atoms in total. The predicted molar refractivity (Wildman–Crippen MR) is 133 cm³/mol. The first kappa shape index (κ1) is 23.1. The maximum absolute atomic E-state index is 14.6. The monoisotopic (exact) mass is 496 g/mol. The molecular formula is C25H30F2N8O. The number of rotatable bonds is 3. The minimum atomic E-state index is -0.462. The number of urea groups is 1. The number of pyridine rings is 1. The number of nitrogens with one attached hydrogen (secondary N) is 3. The number of likely N-dealkylation sites (tertiary alicyclic amines) is 1. The molecule has 2 atom stereocenters. The van der Waals surface area contributed by atoms with Crippen LogP contribution in [0.5, 0.6) is 0 Å². The van der Waals surface area contributed by atoms with Crippen LogP contribution in [-0.4, -0.2) is 82.9 Å². The number of H-pyrrole nitrogens is 1. The smallest absolute Gasteiger partial charge is 0.321 e. The Hall–Kier alpha value is -3.31. The zero-order chi connectivity index (χ0) is 24.9. The van der Waals surface area contributed by atoms with Crippen molar-refractivity contribution in [2.24, 2.45) is 0 Å². The normalized spacial score (nSPS) is 24.8. The Morgan fingerprint density at radius 1 is 1.19 bits per heavy atom. The van der Waals surface area contributed by atoms with E-state index in [9.17, 15) is 13.6 Å². The van der Waals surface area contributed by atoms with E-state index in [0.29, 0.717) is 48.8 Å². The Bertz CT molecular complexity index is 1300. The van der Waals surface area contributed by atoms with Gasteiger partial charge in [-0.1, -0.05) is 0 Å². The molecule has 1 aromatic carbocycles. The summed E-state index contributed by atoms with van der Waals surface area (Å²) in [6.45, 7) is 4.86. The summed E-state index contributed by atoms with van der Waals surface area (Å²) in [4.78, 5) is 23.7. The molecule has 6 rings (SSSR count). The molecule has 0 aliphatic carbocycles. The highest BCUT2D eigenvalue weighted by atomic mass is 19.1. The largest absolute Gasteiger partial charge is 0.347 e. The minimum Gasteiger partial charge on any atom is -0.347 e. The average Bonchev–Trinajstić information content (AvgIpc) is 3.59. The number of piperazine rings is 1. The molecule has 36 heavy (non-hydrogen) atoms. The quantitative estimate of drug-likeness (QED) is 0.516. The van der Waals surface area contributed by atoms with Crippen molar-refractivity contribution in [2.45, 2.75) is 30.8 Å². The lowest BCUT2D eigenvalue weighted by atomic mass is 9.96. The van der Waals surface area contributed by atoms with E-state index < -0.39 is 11.6 Å². The van der Waals surface area contributed by atoms with Crippen molar-refractivity contribution < 1.29 is 13.6 Å². The van der Waals surface area contributed by atoms with E-state index in [2.05, 4.69) is 37.8 Å². The number of hydrogen-bond donors (Lipinski definition) is 3. The van der Waals surface area contributed by atoms with Gasteiger partial charge in [-0.3, -0.25) is 5.10 Å². The van der Waals surface area contributed by atoms with E-state index in [1.807, 2.05) is 15.9 Å². The molecule has 1 spiro atoms. The number of aromatic amines is 1. The Morgan fingerprint density at radius 2 is 2.08 bits per heavy atom. The second kappa shape index (κ2) is 8.97. The number of nitrogens with zero attached hydrogens (tertiary/aromatic N) is 5. The molecule has 2 amide bonds. The lowest BCUT2D eigenvalue weighted by molar-refractivity contribution is 0.159. The molecule has 3 fully saturated rings. The molecule has 190 valence electrons. The Labute approximate surface area is 207 Å². The average molecular weight is 497 g/mol. The molecule has 0 saturated carbocycles. The third-order valence-corrected chi connectivity index (χ3v) is 7.70. The van der Waals surface area contributed by atoms with Crippen LogP contribution in [0, 0.1) is 11.6 Å². The first-order chi connectivity index (χ1) is 17.4. The summed E-state index contributed by atoms with van der Waals surface area (Å²) in [7, 11) is 2.11. The molecule has 3 N–H and O–H groups in total. The molecule has 5 heterocycles. The molecule has 0 radical (unpaired) electrons. The number of carbonyl (C=O) groups excluding carboxylic acids is 1. The van der Waals surface area contributed by atoms with Crippen LogP contribution in [0.1, 0.15) is 30.9 Å². The number of carbonyl (C=O) groups is 1. The fourth-order valence-corrected chi connectivity index (χ4v) is 5.98. The summed E-state index contributed by atoms with van der Waals surface area (Å²) < 4.78 is 28.5. The summed E-state index contributed by atoms with van der Waals surface area (Å²) in [5.41, 5.74) is 1.41.